The largest absolute Gasteiger partial charge is 0.410 e. The number of nitrogen functional groups attached to an aromatic ring is 1. The van der Waals surface area contributed by atoms with Crippen molar-refractivity contribution in [2.45, 2.75) is 31.0 Å². The summed E-state index contributed by atoms with van der Waals surface area (Å²) < 4.78 is 40.0. The highest BCUT2D eigenvalue weighted by Gasteiger charge is 2.46. The Labute approximate surface area is 113 Å². The quantitative estimate of drug-likeness (QED) is 0.875. The smallest absolute Gasteiger partial charge is 0.366 e. The summed E-state index contributed by atoms with van der Waals surface area (Å²) in [4.78, 5) is 4.00. The highest BCUT2D eigenvalue weighted by Crippen LogP contribution is 2.43. The summed E-state index contributed by atoms with van der Waals surface area (Å²) in [6.07, 6.45) is -3.97. The molecular weight excluding hydrogens is 269 g/mol. The van der Waals surface area contributed by atoms with Crippen molar-refractivity contribution in [1.29, 1.82) is 0 Å². The average molecular weight is 282 g/mol. The second kappa shape index (κ2) is 4.50. The molecule has 1 aromatic carbocycles. The predicted octanol–water partition coefficient (Wildman–Crippen LogP) is 2.89. The van der Waals surface area contributed by atoms with Gasteiger partial charge in [0, 0.05) is 5.92 Å². The maximum absolute atomic E-state index is 13.0. The lowest BCUT2D eigenvalue weighted by atomic mass is 9.88. The second-order valence-electron chi connectivity index (χ2n) is 4.87. The molecule has 0 saturated carbocycles. The van der Waals surface area contributed by atoms with Gasteiger partial charge in [-0.1, -0.05) is 30.3 Å². The number of nitrogens with zero attached hydrogens (tertiary/aromatic N) is 3. The summed E-state index contributed by atoms with van der Waals surface area (Å²) in [7, 11) is 0. The van der Waals surface area contributed by atoms with Gasteiger partial charge in [-0.3, -0.25) is 0 Å². The minimum absolute atomic E-state index is 0.0150. The Morgan fingerprint density at radius 2 is 1.85 bits per heavy atom. The van der Waals surface area contributed by atoms with E-state index in [4.69, 9.17) is 5.73 Å². The van der Waals surface area contributed by atoms with Crippen LogP contribution in [0.25, 0.3) is 0 Å². The number of halogens is 3. The molecule has 106 valence electrons. The first-order valence-corrected chi connectivity index (χ1v) is 6.30. The molecule has 0 aliphatic carbocycles. The third kappa shape index (κ3) is 2.13. The summed E-state index contributed by atoms with van der Waals surface area (Å²) >= 11 is 0. The van der Waals surface area contributed by atoms with E-state index in [2.05, 4.69) is 10.1 Å². The average Bonchev–Trinajstić information content (AvgIpc) is 2.78. The van der Waals surface area contributed by atoms with Crippen molar-refractivity contribution in [2.75, 3.05) is 5.73 Å². The molecular formula is C13H13F3N4. The van der Waals surface area contributed by atoms with Gasteiger partial charge in [0.05, 0.1) is 0 Å². The number of aromatic nitrogens is 3. The Kier molecular flexibility index (Phi) is 2.92. The summed E-state index contributed by atoms with van der Waals surface area (Å²) in [5, 5.41) is 3.74. The zero-order valence-corrected chi connectivity index (χ0v) is 10.5. The molecule has 0 amide bonds. The number of fused-ring (bicyclic) bond motifs is 1. The summed E-state index contributed by atoms with van der Waals surface area (Å²) in [5.74, 6) is -0.0149. The lowest BCUT2D eigenvalue weighted by molar-refractivity contribution is -0.175. The second-order valence-corrected chi connectivity index (χ2v) is 4.87. The maximum Gasteiger partial charge on any atom is 0.410 e. The third-order valence-electron chi connectivity index (χ3n) is 3.59. The van der Waals surface area contributed by atoms with Crippen LogP contribution in [0.5, 0.6) is 0 Å². The number of rotatable bonds is 1. The van der Waals surface area contributed by atoms with E-state index in [1.54, 1.807) is 0 Å². The highest BCUT2D eigenvalue weighted by atomic mass is 19.4. The fourth-order valence-corrected chi connectivity index (χ4v) is 2.70. The third-order valence-corrected chi connectivity index (χ3v) is 3.59. The van der Waals surface area contributed by atoms with Crippen LogP contribution in [0.3, 0.4) is 0 Å². The Morgan fingerprint density at radius 3 is 2.50 bits per heavy atom. The topological polar surface area (TPSA) is 56.7 Å². The summed E-state index contributed by atoms with van der Waals surface area (Å²) in [5.41, 5.74) is 6.43. The number of nitrogens with two attached hydrogens (primary N) is 1. The standard InChI is InChI=1S/C13H13F3N4/c14-13(15,16)10-7-6-9(8-4-2-1-3-5-8)11-18-12(17)19-20(10)11/h1-5,9-10H,6-7H2,(H2,17,19). The minimum atomic E-state index is -4.34. The molecule has 20 heavy (non-hydrogen) atoms. The first kappa shape index (κ1) is 13.0. The van der Waals surface area contributed by atoms with Crippen molar-refractivity contribution >= 4 is 5.95 Å². The van der Waals surface area contributed by atoms with Gasteiger partial charge in [0.2, 0.25) is 5.95 Å². The van der Waals surface area contributed by atoms with Gasteiger partial charge in [-0.25, -0.2) is 4.68 Å². The highest BCUT2D eigenvalue weighted by molar-refractivity contribution is 5.29. The minimum Gasteiger partial charge on any atom is -0.366 e. The van der Waals surface area contributed by atoms with E-state index in [1.165, 1.54) is 0 Å². The fourth-order valence-electron chi connectivity index (χ4n) is 2.70. The molecule has 1 aromatic heterocycles. The molecule has 2 unspecified atom stereocenters. The monoisotopic (exact) mass is 282 g/mol. The lowest BCUT2D eigenvalue weighted by Crippen LogP contribution is -2.33. The van der Waals surface area contributed by atoms with Crippen LogP contribution in [0, 0.1) is 0 Å². The molecule has 0 fully saturated rings. The van der Waals surface area contributed by atoms with E-state index in [-0.39, 0.29) is 18.3 Å². The molecule has 0 bridgehead atoms. The van der Waals surface area contributed by atoms with Crippen LogP contribution in [0.15, 0.2) is 30.3 Å². The SMILES string of the molecule is Nc1nc2n(n1)C(C(F)(F)F)CCC2c1ccccc1. The van der Waals surface area contributed by atoms with Gasteiger partial charge in [0.25, 0.3) is 0 Å². The fraction of sp³-hybridized carbons (Fsp3) is 0.385. The van der Waals surface area contributed by atoms with E-state index in [1.807, 2.05) is 30.3 Å². The van der Waals surface area contributed by atoms with Gasteiger partial charge in [-0.2, -0.15) is 18.2 Å². The van der Waals surface area contributed by atoms with Crippen LogP contribution in [-0.4, -0.2) is 20.9 Å². The summed E-state index contributed by atoms with van der Waals surface area (Å²) in [6, 6.07) is 7.71. The van der Waals surface area contributed by atoms with Gasteiger partial charge < -0.3 is 5.73 Å². The molecule has 2 atom stereocenters. The number of hydrogen-bond donors (Lipinski definition) is 1. The van der Waals surface area contributed by atoms with Crippen molar-refractivity contribution in [2.24, 2.45) is 0 Å². The molecule has 1 aliphatic heterocycles. The van der Waals surface area contributed by atoms with E-state index in [0.29, 0.717) is 12.2 Å². The van der Waals surface area contributed by atoms with Gasteiger partial charge >= 0.3 is 6.18 Å². The van der Waals surface area contributed by atoms with Gasteiger partial charge in [0.15, 0.2) is 0 Å². The maximum atomic E-state index is 13.0. The van der Waals surface area contributed by atoms with Crippen LogP contribution >= 0.6 is 0 Å². The first-order valence-electron chi connectivity index (χ1n) is 6.30. The molecule has 0 radical (unpaired) electrons. The van der Waals surface area contributed by atoms with Crippen LogP contribution in [0.1, 0.15) is 36.2 Å². The molecule has 2 heterocycles. The van der Waals surface area contributed by atoms with E-state index < -0.39 is 12.2 Å². The van der Waals surface area contributed by atoms with Crippen LogP contribution in [0.2, 0.25) is 0 Å². The van der Waals surface area contributed by atoms with Gasteiger partial charge in [-0.05, 0) is 18.4 Å². The Hall–Kier alpha value is -2.05. The predicted molar refractivity (Wildman–Crippen MR) is 67.0 cm³/mol. The number of benzene rings is 1. The Morgan fingerprint density at radius 1 is 1.15 bits per heavy atom. The van der Waals surface area contributed by atoms with E-state index in [0.717, 1.165) is 10.2 Å². The Bertz CT molecular complexity index is 606. The zero-order chi connectivity index (χ0) is 14.3. The van der Waals surface area contributed by atoms with Crippen molar-refractivity contribution in [1.82, 2.24) is 14.8 Å². The molecule has 0 spiro atoms. The van der Waals surface area contributed by atoms with Crippen molar-refractivity contribution in [3.05, 3.63) is 41.7 Å². The van der Waals surface area contributed by atoms with Crippen molar-refractivity contribution in [3.63, 3.8) is 0 Å². The van der Waals surface area contributed by atoms with Gasteiger partial charge in [0.1, 0.15) is 11.9 Å². The molecule has 0 saturated heterocycles. The molecule has 7 heteroatoms. The first-order chi connectivity index (χ1) is 9.47. The number of hydrogen-bond acceptors (Lipinski definition) is 3. The zero-order valence-electron chi connectivity index (χ0n) is 10.5. The van der Waals surface area contributed by atoms with E-state index in [9.17, 15) is 13.2 Å². The molecule has 2 N–H and O–H groups in total. The molecule has 4 nitrogen and oxygen atoms in total. The molecule has 1 aliphatic rings. The van der Waals surface area contributed by atoms with Gasteiger partial charge in [-0.15, -0.1) is 5.10 Å². The van der Waals surface area contributed by atoms with Crippen molar-refractivity contribution in [3.8, 4) is 0 Å². The normalized spacial score (nSPS) is 22.6. The van der Waals surface area contributed by atoms with E-state index >= 15 is 0 Å². The molecule has 3 rings (SSSR count). The van der Waals surface area contributed by atoms with Crippen LogP contribution in [0.4, 0.5) is 19.1 Å². The van der Waals surface area contributed by atoms with Crippen LogP contribution in [-0.2, 0) is 0 Å². The summed E-state index contributed by atoms with van der Waals surface area (Å²) in [6.45, 7) is 0. The van der Waals surface area contributed by atoms with Crippen LogP contribution < -0.4 is 5.73 Å². The molecule has 2 aromatic rings. The van der Waals surface area contributed by atoms with Crippen molar-refractivity contribution < 1.29 is 13.2 Å². The lowest BCUT2D eigenvalue weighted by Gasteiger charge is -2.30. The number of anilines is 1. The number of alkyl halides is 3. The Balaban J connectivity index is 2.05.